The molecule has 0 saturated carbocycles. The Bertz CT molecular complexity index is 946. The summed E-state index contributed by atoms with van der Waals surface area (Å²) in [6.07, 6.45) is 1.58. The van der Waals surface area contributed by atoms with Gasteiger partial charge in [-0.05, 0) is 12.1 Å². The predicted octanol–water partition coefficient (Wildman–Crippen LogP) is 3.26. The molecular weight excluding hydrogens is 328 g/mol. The lowest BCUT2D eigenvalue weighted by molar-refractivity contribution is 0.0987. The van der Waals surface area contributed by atoms with E-state index in [4.69, 9.17) is 4.42 Å². The summed E-state index contributed by atoms with van der Waals surface area (Å²) in [5.41, 5.74) is 1.37. The van der Waals surface area contributed by atoms with Crippen molar-refractivity contribution < 1.29 is 24.0 Å². The van der Waals surface area contributed by atoms with Gasteiger partial charge in [0.1, 0.15) is 22.8 Å². The molecule has 1 aliphatic rings. The molecule has 0 amide bonds. The zero-order valence-electron chi connectivity index (χ0n) is 12.4. The molecule has 0 spiro atoms. The fraction of sp³-hybridized carbons (Fsp3) is 0.0556. The van der Waals surface area contributed by atoms with Crippen molar-refractivity contribution in [1.82, 2.24) is 0 Å². The molecule has 4 rings (SSSR count). The van der Waals surface area contributed by atoms with E-state index in [-0.39, 0.29) is 34.2 Å². The highest BCUT2D eigenvalue weighted by molar-refractivity contribution is 7.91. The minimum absolute atomic E-state index is 0.00174. The van der Waals surface area contributed by atoms with Crippen LogP contribution in [0.1, 0.15) is 15.9 Å². The van der Waals surface area contributed by atoms with Crippen molar-refractivity contribution in [1.29, 1.82) is 0 Å². The molecule has 2 heterocycles. The number of benzene rings is 2. The number of ketones is 1. The van der Waals surface area contributed by atoms with Crippen molar-refractivity contribution in [2.24, 2.45) is 0 Å². The minimum atomic E-state index is -1.70. The molecule has 1 atom stereocenters. The zero-order valence-corrected chi connectivity index (χ0v) is 13.2. The summed E-state index contributed by atoms with van der Waals surface area (Å²) in [5, 5.41) is 19.7. The molecule has 0 saturated heterocycles. The van der Waals surface area contributed by atoms with E-state index in [1.807, 2.05) is 0 Å². The Morgan fingerprint density at radius 2 is 1.92 bits per heavy atom. The van der Waals surface area contributed by atoms with Gasteiger partial charge in [0.15, 0.2) is 15.6 Å². The second-order valence-electron chi connectivity index (χ2n) is 5.51. The highest BCUT2D eigenvalue weighted by Gasteiger charge is 2.34. The second kappa shape index (κ2) is 5.43. The molecule has 5 nitrogen and oxygen atoms in total. The van der Waals surface area contributed by atoms with Gasteiger partial charge in [0.2, 0.25) is 0 Å². The Morgan fingerprint density at radius 1 is 1.08 bits per heavy atom. The molecule has 1 unspecified atom stereocenters. The van der Waals surface area contributed by atoms with E-state index in [0.29, 0.717) is 16.2 Å². The first kappa shape index (κ1) is 14.9. The summed E-state index contributed by atoms with van der Waals surface area (Å²) >= 11 is -1.70. The average Bonchev–Trinajstić information content (AvgIpc) is 3.05. The third-order valence-corrected chi connectivity index (χ3v) is 5.47. The van der Waals surface area contributed by atoms with E-state index >= 15 is 0 Å². The number of aromatic hydroxyl groups is 2. The van der Waals surface area contributed by atoms with Crippen LogP contribution >= 0.6 is 0 Å². The van der Waals surface area contributed by atoms with Gasteiger partial charge in [0.05, 0.1) is 6.26 Å². The summed E-state index contributed by atoms with van der Waals surface area (Å²) < 4.78 is 18.4. The fourth-order valence-electron chi connectivity index (χ4n) is 2.86. The Kier molecular flexibility index (Phi) is 3.37. The van der Waals surface area contributed by atoms with Crippen LogP contribution in [0.5, 0.6) is 11.5 Å². The summed E-state index contributed by atoms with van der Waals surface area (Å²) in [5.74, 6) is -0.301. The topological polar surface area (TPSA) is 93.7 Å². The number of fused-ring (bicyclic) bond motifs is 2. The van der Waals surface area contributed by atoms with Gasteiger partial charge in [0.25, 0.3) is 0 Å². The number of carbonyl (C=O) groups is 1. The first-order valence-electron chi connectivity index (χ1n) is 7.22. The Morgan fingerprint density at radius 3 is 2.67 bits per heavy atom. The van der Waals surface area contributed by atoms with Gasteiger partial charge in [-0.25, -0.2) is 0 Å². The number of carbonyl (C=O) groups excluding carboxylic acids is 1. The molecule has 24 heavy (non-hydrogen) atoms. The first-order chi connectivity index (χ1) is 11.5. The van der Waals surface area contributed by atoms with E-state index in [2.05, 4.69) is 0 Å². The van der Waals surface area contributed by atoms with Crippen LogP contribution in [0.4, 0.5) is 0 Å². The molecule has 6 heteroatoms. The van der Waals surface area contributed by atoms with Crippen LogP contribution in [0.2, 0.25) is 0 Å². The Balaban J connectivity index is 1.92. The minimum Gasteiger partial charge on any atom is -0.606 e. The average molecular weight is 340 g/mol. The van der Waals surface area contributed by atoms with E-state index in [0.717, 1.165) is 11.6 Å². The lowest BCUT2D eigenvalue weighted by Crippen LogP contribution is -2.06. The van der Waals surface area contributed by atoms with Gasteiger partial charge >= 0.3 is 0 Å². The smallest absolute Gasteiger partial charge is 0.176 e. The van der Waals surface area contributed by atoms with Crippen LogP contribution in [-0.2, 0) is 17.6 Å². The standard InChI is InChI=1S/C18H12O5S/c19-12-8-14(21)18-13(20)6-11-4-3-10(15-2-1-5-23-15)7-16(11)24(22)17(18)9-12/h1-5,7-9,19,21H,6H2. The molecule has 3 aromatic rings. The van der Waals surface area contributed by atoms with Crippen molar-refractivity contribution in [2.45, 2.75) is 16.2 Å². The number of phenols is 2. The maximum Gasteiger partial charge on any atom is 0.176 e. The number of rotatable bonds is 1. The largest absolute Gasteiger partial charge is 0.606 e. The summed E-state index contributed by atoms with van der Waals surface area (Å²) in [4.78, 5) is 13.1. The quantitative estimate of drug-likeness (QED) is 0.663. The van der Waals surface area contributed by atoms with E-state index in [1.165, 1.54) is 6.07 Å². The summed E-state index contributed by atoms with van der Waals surface area (Å²) in [6, 6.07) is 11.1. The Hall–Kier alpha value is -2.70. The molecule has 0 fully saturated rings. The normalized spacial score (nSPS) is 16.4. The first-order valence-corrected chi connectivity index (χ1v) is 8.37. The van der Waals surface area contributed by atoms with Crippen molar-refractivity contribution in [3.63, 3.8) is 0 Å². The van der Waals surface area contributed by atoms with Gasteiger partial charge < -0.3 is 19.2 Å². The molecule has 1 aromatic heterocycles. The van der Waals surface area contributed by atoms with Crippen LogP contribution in [0.25, 0.3) is 11.3 Å². The van der Waals surface area contributed by atoms with Gasteiger partial charge in [-0.15, -0.1) is 0 Å². The molecule has 2 N–H and O–H groups in total. The number of furan rings is 1. The van der Waals surface area contributed by atoms with Crippen LogP contribution < -0.4 is 0 Å². The zero-order chi connectivity index (χ0) is 16.8. The van der Waals surface area contributed by atoms with Crippen molar-refractivity contribution in [2.75, 3.05) is 0 Å². The van der Waals surface area contributed by atoms with Crippen molar-refractivity contribution in [3.8, 4) is 22.8 Å². The monoisotopic (exact) mass is 340 g/mol. The molecule has 2 aromatic carbocycles. The summed E-state index contributed by atoms with van der Waals surface area (Å²) in [6.45, 7) is 0. The van der Waals surface area contributed by atoms with E-state index < -0.39 is 11.2 Å². The van der Waals surface area contributed by atoms with Crippen LogP contribution in [0, 0.1) is 0 Å². The number of hydrogen-bond acceptors (Lipinski definition) is 5. The van der Waals surface area contributed by atoms with E-state index in [9.17, 15) is 19.6 Å². The molecule has 120 valence electrons. The molecular formula is C18H12O5S. The lowest BCUT2D eigenvalue weighted by atomic mass is 10.0. The summed E-state index contributed by atoms with van der Waals surface area (Å²) in [7, 11) is 0. The molecule has 0 aliphatic carbocycles. The fourth-order valence-corrected chi connectivity index (χ4v) is 4.34. The third kappa shape index (κ3) is 2.28. The van der Waals surface area contributed by atoms with Crippen molar-refractivity contribution in [3.05, 3.63) is 59.9 Å². The molecule has 0 bridgehead atoms. The van der Waals surface area contributed by atoms with Crippen LogP contribution in [0.15, 0.2) is 62.9 Å². The van der Waals surface area contributed by atoms with Gasteiger partial charge in [-0.1, -0.05) is 12.1 Å². The maximum absolute atomic E-state index is 13.0. The van der Waals surface area contributed by atoms with Gasteiger partial charge in [-0.3, -0.25) is 4.79 Å². The second-order valence-corrected chi connectivity index (χ2v) is 6.92. The highest BCUT2D eigenvalue weighted by Crippen LogP contribution is 2.39. The number of phenolic OH excluding ortho intramolecular Hbond substituents is 2. The SMILES string of the molecule is O=C1Cc2ccc(-c3ccco3)cc2[S+]([O-])c2cc(O)cc(O)c21. The van der Waals surface area contributed by atoms with E-state index in [1.54, 1.807) is 36.6 Å². The van der Waals surface area contributed by atoms with Crippen molar-refractivity contribution >= 4 is 17.0 Å². The number of Topliss-reactive ketones (excluding diaryl/α,β-unsaturated/α-hetero) is 1. The molecule has 1 aliphatic heterocycles. The van der Waals surface area contributed by atoms with Crippen LogP contribution in [0.3, 0.4) is 0 Å². The molecule has 0 radical (unpaired) electrons. The predicted molar refractivity (Wildman–Crippen MR) is 86.6 cm³/mol. The lowest BCUT2D eigenvalue weighted by Gasteiger charge is -2.13. The highest BCUT2D eigenvalue weighted by atomic mass is 32.2. The maximum atomic E-state index is 13.0. The van der Waals surface area contributed by atoms with Gasteiger partial charge in [0, 0.05) is 46.9 Å². The Labute approximate surface area is 140 Å². The van der Waals surface area contributed by atoms with Gasteiger partial charge in [-0.2, -0.15) is 0 Å². The van der Waals surface area contributed by atoms with Crippen LogP contribution in [-0.4, -0.2) is 20.5 Å². The third-order valence-electron chi connectivity index (χ3n) is 3.97. The number of hydrogen-bond donors (Lipinski definition) is 2.